The topological polar surface area (TPSA) is 112 Å². The van der Waals surface area contributed by atoms with Crippen LogP contribution in [0.1, 0.15) is 53.5 Å². The zero-order valence-electron chi connectivity index (χ0n) is 20.0. The van der Waals surface area contributed by atoms with E-state index in [1.165, 1.54) is 19.2 Å². The van der Waals surface area contributed by atoms with Crippen molar-refractivity contribution in [3.05, 3.63) is 71.8 Å². The Hall–Kier alpha value is -3.37. The number of imidazole rings is 1. The van der Waals surface area contributed by atoms with Gasteiger partial charge < -0.3 is 19.4 Å². The Kier molecular flexibility index (Phi) is 7.42. The van der Waals surface area contributed by atoms with Crippen LogP contribution in [-0.2, 0) is 17.1 Å². The molecule has 10 heteroatoms. The van der Waals surface area contributed by atoms with Gasteiger partial charge in [-0.05, 0) is 48.7 Å². The van der Waals surface area contributed by atoms with Crippen LogP contribution in [0.4, 0.5) is 0 Å². The highest BCUT2D eigenvalue weighted by Crippen LogP contribution is 2.28. The van der Waals surface area contributed by atoms with E-state index in [1.54, 1.807) is 25.6 Å². The summed E-state index contributed by atoms with van der Waals surface area (Å²) in [5, 5.41) is 3.00. The van der Waals surface area contributed by atoms with Crippen LogP contribution in [0, 0.1) is 0 Å². The van der Waals surface area contributed by atoms with Crippen molar-refractivity contribution >= 4 is 15.9 Å². The summed E-state index contributed by atoms with van der Waals surface area (Å²) in [5.74, 6) is 1.07. The summed E-state index contributed by atoms with van der Waals surface area (Å²) in [5.41, 5.74) is 1.00. The fourth-order valence-electron chi connectivity index (χ4n) is 4.32. The highest BCUT2D eigenvalue weighted by Gasteiger charge is 2.28. The van der Waals surface area contributed by atoms with Crippen molar-refractivity contribution in [2.75, 3.05) is 14.2 Å². The van der Waals surface area contributed by atoms with Crippen molar-refractivity contribution in [3.63, 3.8) is 0 Å². The maximum Gasteiger partial charge on any atom is 0.252 e. The van der Waals surface area contributed by atoms with E-state index >= 15 is 0 Å². The number of aromatic nitrogens is 2. The van der Waals surface area contributed by atoms with Crippen molar-refractivity contribution in [1.29, 1.82) is 0 Å². The van der Waals surface area contributed by atoms with Gasteiger partial charge in [0.15, 0.2) is 0 Å². The first-order valence-corrected chi connectivity index (χ1v) is 12.9. The number of hydrogen-bond acceptors (Lipinski definition) is 6. The van der Waals surface area contributed by atoms with E-state index in [9.17, 15) is 13.2 Å². The van der Waals surface area contributed by atoms with Crippen LogP contribution in [0.25, 0.3) is 0 Å². The van der Waals surface area contributed by atoms with Crippen LogP contribution >= 0.6 is 0 Å². The predicted octanol–water partition coefficient (Wildman–Crippen LogP) is 3.18. The third kappa shape index (κ3) is 5.49. The second-order valence-electron chi connectivity index (χ2n) is 8.54. The Morgan fingerprint density at radius 1 is 1.09 bits per heavy atom. The number of carbonyl (C=O) groups is 1. The molecule has 2 N–H and O–H groups in total. The number of sulfonamides is 1. The van der Waals surface area contributed by atoms with E-state index < -0.39 is 22.0 Å². The van der Waals surface area contributed by atoms with Gasteiger partial charge in [-0.3, -0.25) is 4.79 Å². The van der Waals surface area contributed by atoms with Gasteiger partial charge in [-0.25, -0.2) is 18.1 Å². The number of methoxy groups -OCH3 is 2. The van der Waals surface area contributed by atoms with Gasteiger partial charge in [0.1, 0.15) is 28.3 Å². The largest absolute Gasteiger partial charge is 0.497 e. The van der Waals surface area contributed by atoms with E-state index in [-0.39, 0.29) is 22.3 Å². The molecule has 0 aliphatic heterocycles. The van der Waals surface area contributed by atoms with Crippen LogP contribution in [0.15, 0.2) is 59.8 Å². The van der Waals surface area contributed by atoms with Crippen molar-refractivity contribution in [2.45, 2.75) is 42.7 Å². The van der Waals surface area contributed by atoms with Gasteiger partial charge in [-0.1, -0.05) is 25.0 Å². The zero-order chi connectivity index (χ0) is 25.0. The summed E-state index contributed by atoms with van der Waals surface area (Å²) >= 11 is 0. The zero-order valence-corrected chi connectivity index (χ0v) is 20.8. The van der Waals surface area contributed by atoms with E-state index in [0.29, 0.717) is 11.6 Å². The Morgan fingerprint density at radius 3 is 2.40 bits per heavy atom. The van der Waals surface area contributed by atoms with E-state index in [4.69, 9.17) is 9.47 Å². The van der Waals surface area contributed by atoms with Gasteiger partial charge in [0.05, 0.1) is 14.2 Å². The van der Waals surface area contributed by atoms with Gasteiger partial charge in [-0.15, -0.1) is 0 Å². The molecular formula is C25H30N4O5S. The first-order chi connectivity index (χ1) is 16.8. The SMILES string of the molecule is COc1ccc([C@H](NC(=O)c2ccc(OC)c(S(=O)(=O)NC3CCCC3)c2)c2nccn2C)cc1. The van der Waals surface area contributed by atoms with Crippen LogP contribution in [0.2, 0.25) is 0 Å². The molecule has 1 heterocycles. The lowest BCUT2D eigenvalue weighted by molar-refractivity contribution is 0.0941. The molecule has 1 aromatic heterocycles. The molecule has 2 aromatic carbocycles. The summed E-state index contributed by atoms with van der Waals surface area (Å²) < 4.78 is 41.4. The number of ether oxygens (including phenoxy) is 2. The van der Waals surface area contributed by atoms with Gasteiger partial charge >= 0.3 is 0 Å². The molecule has 0 bridgehead atoms. The van der Waals surface area contributed by atoms with Crippen molar-refractivity contribution < 1.29 is 22.7 Å². The van der Waals surface area contributed by atoms with E-state index in [1.807, 2.05) is 35.9 Å². The predicted molar refractivity (Wildman–Crippen MR) is 131 cm³/mol. The first kappa shape index (κ1) is 24.7. The van der Waals surface area contributed by atoms with Gasteiger partial charge in [-0.2, -0.15) is 0 Å². The molecule has 1 fully saturated rings. The van der Waals surface area contributed by atoms with Crippen LogP contribution in [-0.4, -0.2) is 44.1 Å². The monoisotopic (exact) mass is 498 g/mol. The minimum atomic E-state index is -3.87. The smallest absolute Gasteiger partial charge is 0.252 e. The molecule has 35 heavy (non-hydrogen) atoms. The lowest BCUT2D eigenvalue weighted by atomic mass is 10.0. The average Bonchev–Trinajstić information content (AvgIpc) is 3.53. The van der Waals surface area contributed by atoms with Crippen LogP contribution < -0.4 is 19.5 Å². The number of amides is 1. The van der Waals surface area contributed by atoms with Gasteiger partial charge in [0.2, 0.25) is 10.0 Å². The molecule has 1 aliphatic rings. The Morgan fingerprint density at radius 2 is 1.80 bits per heavy atom. The molecule has 3 aromatic rings. The molecule has 1 saturated carbocycles. The number of hydrogen-bond donors (Lipinski definition) is 2. The number of benzene rings is 2. The van der Waals surface area contributed by atoms with Crippen molar-refractivity contribution in [1.82, 2.24) is 19.6 Å². The minimum Gasteiger partial charge on any atom is -0.497 e. The molecular weight excluding hydrogens is 468 g/mol. The van der Waals surface area contributed by atoms with Crippen molar-refractivity contribution in [3.8, 4) is 11.5 Å². The summed E-state index contributed by atoms with van der Waals surface area (Å²) in [7, 11) is 0.973. The Bertz CT molecular complexity index is 1280. The lowest BCUT2D eigenvalue weighted by Gasteiger charge is -2.20. The standard InChI is InChI=1S/C25H30N4O5S/c1-29-15-14-26-24(29)23(17-8-11-20(33-2)12-9-17)27-25(30)18-10-13-21(34-3)22(16-18)35(31,32)28-19-6-4-5-7-19/h8-16,19,23,28H,4-7H2,1-3H3,(H,27,30)/t23-/m0/s1. The third-order valence-electron chi connectivity index (χ3n) is 6.23. The van der Waals surface area contributed by atoms with Crippen molar-refractivity contribution in [2.24, 2.45) is 7.05 Å². The Labute approximate surface area is 205 Å². The second kappa shape index (κ2) is 10.5. The number of carbonyl (C=O) groups excluding carboxylic acids is 1. The summed E-state index contributed by atoms with van der Waals surface area (Å²) in [6, 6.07) is 11.1. The van der Waals surface area contributed by atoms with Gasteiger partial charge in [0, 0.05) is 31.0 Å². The molecule has 0 radical (unpaired) electrons. The fourth-order valence-corrected chi connectivity index (χ4v) is 5.82. The molecule has 4 rings (SSSR count). The lowest BCUT2D eigenvalue weighted by Crippen LogP contribution is -2.33. The maximum absolute atomic E-state index is 13.4. The summed E-state index contributed by atoms with van der Waals surface area (Å²) in [4.78, 5) is 17.7. The number of rotatable bonds is 9. The van der Waals surface area contributed by atoms with Gasteiger partial charge in [0.25, 0.3) is 5.91 Å². The third-order valence-corrected chi connectivity index (χ3v) is 7.78. The number of aryl methyl sites for hydroxylation is 1. The molecule has 0 unspecified atom stereocenters. The van der Waals surface area contributed by atoms with E-state index in [0.717, 1.165) is 31.2 Å². The molecule has 9 nitrogen and oxygen atoms in total. The molecule has 1 amide bonds. The van der Waals surface area contributed by atoms with Crippen LogP contribution in [0.5, 0.6) is 11.5 Å². The highest BCUT2D eigenvalue weighted by atomic mass is 32.2. The Balaban J connectivity index is 1.65. The first-order valence-electron chi connectivity index (χ1n) is 11.4. The fraction of sp³-hybridized carbons (Fsp3) is 0.360. The quantitative estimate of drug-likeness (QED) is 0.469. The van der Waals surface area contributed by atoms with Crippen LogP contribution in [0.3, 0.4) is 0 Å². The summed E-state index contributed by atoms with van der Waals surface area (Å²) in [6.07, 6.45) is 7.04. The average molecular weight is 499 g/mol. The molecule has 1 atom stereocenters. The molecule has 1 aliphatic carbocycles. The minimum absolute atomic E-state index is 0.0578. The molecule has 0 spiro atoms. The van der Waals surface area contributed by atoms with E-state index in [2.05, 4.69) is 15.0 Å². The highest BCUT2D eigenvalue weighted by molar-refractivity contribution is 7.89. The number of nitrogens with zero attached hydrogens (tertiary/aromatic N) is 2. The maximum atomic E-state index is 13.4. The normalized spacial score (nSPS) is 15.1. The second-order valence-corrected chi connectivity index (χ2v) is 10.2. The molecule has 186 valence electrons. The number of nitrogens with one attached hydrogen (secondary N) is 2. The molecule has 0 saturated heterocycles. The summed E-state index contributed by atoms with van der Waals surface area (Å²) in [6.45, 7) is 0.